The average Bonchev–Trinajstić information content (AvgIpc) is 2.75. The SMILES string of the molecule is Brc1cc(CNc2cccc3cccnc23)sc1Br. The number of hydrogen-bond acceptors (Lipinski definition) is 3. The van der Waals surface area contributed by atoms with E-state index in [9.17, 15) is 0 Å². The minimum absolute atomic E-state index is 0.796. The highest BCUT2D eigenvalue weighted by Crippen LogP contribution is 2.33. The lowest BCUT2D eigenvalue weighted by Crippen LogP contribution is -1.98. The number of hydrogen-bond donors (Lipinski definition) is 1. The van der Waals surface area contributed by atoms with Crippen molar-refractivity contribution in [3.63, 3.8) is 0 Å². The van der Waals surface area contributed by atoms with Crippen LogP contribution in [-0.4, -0.2) is 4.98 Å². The molecule has 0 unspecified atom stereocenters. The molecule has 2 aromatic heterocycles. The number of aromatic nitrogens is 1. The summed E-state index contributed by atoms with van der Waals surface area (Å²) < 4.78 is 2.23. The highest BCUT2D eigenvalue weighted by atomic mass is 79.9. The molecule has 0 aliphatic heterocycles. The molecule has 0 radical (unpaired) electrons. The van der Waals surface area contributed by atoms with Crippen LogP contribution in [0.4, 0.5) is 5.69 Å². The van der Waals surface area contributed by atoms with Crippen LogP contribution in [0, 0.1) is 0 Å². The molecule has 0 amide bonds. The normalized spacial score (nSPS) is 10.8. The van der Waals surface area contributed by atoms with Crippen LogP contribution in [0.3, 0.4) is 0 Å². The van der Waals surface area contributed by atoms with Crippen molar-refractivity contribution < 1.29 is 0 Å². The van der Waals surface area contributed by atoms with Crippen molar-refractivity contribution in [2.75, 3.05) is 5.32 Å². The summed E-state index contributed by atoms with van der Waals surface area (Å²) in [7, 11) is 0. The largest absolute Gasteiger partial charge is 0.378 e. The van der Waals surface area contributed by atoms with Gasteiger partial charge in [0.2, 0.25) is 0 Å². The number of benzene rings is 1. The van der Waals surface area contributed by atoms with Crippen molar-refractivity contribution in [1.82, 2.24) is 4.98 Å². The van der Waals surface area contributed by atoms with Crippen LogP contribution >= 0.6 is 43.2 Å². The van der Waals surface area contributed by atoms with Gasteiger partial charge >= 0.3 is 0 Å². The number of nitrogens with one attached hydrogen (secondary N) is 1. The summed E-state index contributed by atoms with van der Waals surface area (Å²) in [6.45, 7) is 0.796. The second kappa shape index (κ2) is 5.61. The van der Waals surface area contributed by atoms with Crippen molar-refractivity contribution in [2.45, 2.75) is 6.54 Å². The second-order valence-corrected chi connectivity index (χ2v) is 7.38. The van der Waals surface area contributed by atoms with E-state index in [1.807, 2.05) is 18.3 Å². The summed E-state index contributed by atoms with van der Waals surface area (Å²) >= 11 is 8.74. The Labute approximate surface area is 132 Å². The highest BCUT2D eigenvalue weighted by molar-refractivity contribution is 9.13. The standard InChI is InChI=1S/C14H10Br2N2S/c15-11-7-10(19-14(11)16)8-18-12-5-1-3-9-4-2-6-17-13(9)12/h1-7,18H,8H2. The smallest absolute Gasteiger partial charge is 0.0933 e. The molecule has 0 bridgehead atoms. The molecule has 3 rings (SSSR count). The van der Waals surface area contributed by atoms with Gasteiger partial charge in [-0.2, -0.15) is 0 Å². The molecule has 1 aromatic carbocycles. The fourth-order valence-electron chi connectivity index (χ4n) is 1.91. The number of para-hydroxylation sites is 1. The van der Waals surface area contributed by atoms with E-state index in [2.05, 4.69) is 66.4 Å². The van der Waals surface area contributed by atoms with Gasteiger partial charge in [0.25, 0.3) is 0 Å². The number of nitrogens with zero attached hydrogens (tertiary/aromatic N) is 1. The molecule has 5 heteroatoms. The van der Waals surface area contributed by atoms with Gasteiger partial charge in [0.05, 0.1) is 15.0 Å². The molecule has 3 aromatic rings. The predicted octanol–water partition coefficient (Wildman–Crippen LogP) is 5.43. The van der Waals surface area contributed by atoms with Crippen molar-refractivity contribution in [3.8, 4) is 0 Å². The summed E-state index contributed by atoms with van der Waals surface area (Å²) in [5, 5.41) is 4.60. The van der Waals surface area contributed by atoms with Crippen LogP contribution in [-0.2, 0) is 6.54 Å². The van der Waals surface area contributed by atoms with Gasteiger partial charge in [0.1, 0.15) is 0 Å². The van der Waals surface area contributed by atoms with E-state index in [0.717, 1.165) is 31.4 Å². The third-order valence-electron chi connectivity index (χ3n) is 2.78. The third-order valence-corrected chi connectivity index (χ3v) is 6.04. The average molecular weight is 398 g/mol. The fraction of sp³-hybridized carbons (Fsp3) is 0.0714. The van der Waals surface area contributed by atoms with Gasteiger partial charge in [-0.15, -0.1) is 11.3 Å². The first-order valence-corrected chi connectivity index (χ1v) is 8.15. The van der Waals surface area contributed by atoms with Crippen molar-refractivity contribution >= 4 is 59.8 Å². The molecule has 0 saturated carbocycles. The summed E-state index contributed by atoms with van der Waals surface area (Å²) in [6.07, 6.45) is 1.83. The van der Waals surface area contributed by atoms with Crippen LogP contribution in [0.2, 0.25) is 0 Å². The van der Waals surface area contributed by atoms with Gasteiger partial charge in [0, 0.05) is 27.5 Å². The summed E-state index contributed by atoms with van der Waals surface area (Å²) in [5.41, 5.74) is 2.08. The topological polar surface area (TPSA) is 24.9 Å². The maximum Gasteiger partial charge on any atom is 0.0933 e. The molecule has 2 nitrogen and oxygen atoms in total. The molecule has 1 N–H and O–H groups in total. The number of halogens is 2. The van der Waals surface area contributed by atoms with Gasteiger partial charge in [-0.1, -0.05) is 18.2 Å². The van der Waals surface area contributed by atoms with Gasteiger partial charge in [-0.25, -0.2) is 0 Å². The predicted molar refractivity (Wildman–Crippen MR) is 88.8 cm³/mol. The van der Waals surface area contributed by atoms with Crippen LogP contribution in [0.25, 0.3) is 10.9 Å². The Kier molecular flexibility index (Phi) is 3.86. The van der Waals surface area contributed by atoms with Gasteiger partial charge in [-0.05, 0) is 50.1 Å². The van der Waals surface area contributed by atoms with Crippen molar-refractivity contribution in [1.29, 1.82) is 0 Å². The number of pyridine rings is 1. The van der Waals surface area contributed by atoms with Crippen LogP contribution < -0.4 is 5.32 Å². The number of fused-ring (bicyclic) bond motifs is 1. The Morgan fingerprint density at radius 3 is 2.79 bits per heavy atom. The second-order valence-electron chi connectivity index (χ2n) is 4.07. The number of anilines is 1. The molecular formula is C14H10Br2N2S. The first-order valence-electron chi connectivity index (χ1n) is 5.75. The maximum atomic E-state index is 4.44. The molecule has 0 spiro atoms. The molecule has 0 aliphatic rings. The number of rotatable bonds is 3. The molecule has 0 atom stereocenters. The monoisotopic (exact) mass is 396 g/mol. The van der Waals surface area contributed by atoms with E-state index in [4.69, 9.17) is 0 Å². The van der Waals surface area contributed by atoms with Crippen LogP contribution in [0.1, 0.15) is 4.88 Å². The number of thiophene rings is 1. The Morgan fingerprint density at radius 1 is 1.16 bits per heavy atom. The van der Waals surface area contributed by atoms with E-state index in [-0.39, 0.29) is 0 Å². The first kappa shape index (κ1) is 13.1. The molecule has 0 fully saturated rings. The van der Waals surface area contributed by atoms with Gasteiger partial charge in [0.15, 0.2) is 0 Å². The van der Waals surface area contributed by atoms with E-state index in [0.29, 0.717) is 0 Å². The summed E-state index contributed by atoms with van der Waals surface area (Å²) in [4.78, 5) is 5.71. The molecular weight excluding hydrogens is 388 g/mol. The van der Waals surface area contributed by atoms with Crippen LogP contribution in [0.5, 0.6) is 0 Å². The fourth-order valence-corrected chi connectivity index (χ4v) is 4.02. The minimum Gasteiger partial charge on any atom is -0.378 e. The lowest BCUT2D eigenvalue weighted by atomic mass is 10.2. The Morgan fingerprint density at radius 2 is 2.00 bits per heavy atom. The lowest BCUT2D eigenvalue weighted by molar-refractivity contribution is 1.19. The Balaban J connectivity index is 1.85. The molecule has 0 aliphatic carbocycles. The highest BCUT2D eigenvalue weighted by Gasteiger charge is 2.05. The molecule has 96 valence electrons. The first-order chi connectivity index (χ1) is 9.24. The lowest BCUT2D eigenvalue weighted by Gasteiger charge is -2.07. The van der Waals surface area contributed by atoms with Crippen molar-refractivity contribution in [2.24, 2.45) is 0 Å². The van der Waals surface area contributed by atoms with Gasteiger partial charge < -0.3 is 5.32 Å². The molecule has 19 heavy (non-hydrogen) atoms. The van der Waals surface area contributed by atoms with E-state index in [1.54, 1.807) is 11.3 Å². The molecule has 2 heterocycles. The zero-order valence-electron chi connectivity index (χ0n) is 9.86. The Hall–Kier alpha value is -0.910. The van der Waals surface area contributed by atoms with Crippen LogP contribution in [0.15, 0.2) is 50.9 Å². The van der Waals surface area contributed by atoms with E-state index >= 15 is 0 Å². The maximum absolute atomic E-state index is 4.44. The Bertz CT molecular complexity index is 700. The van der Waals surface area contributed by atoms with Gasteiger partial charge in [-0.3, -0.25) is 4.98 Å². The van der Waals surface area contributed by atoms with Crippen molar-refractivity contribution in [3.05, 3.63) is 55.7 Å². The third kappa shape index (κ3) is 2.83. The zero-order chi connectivity index (χ0) is 13.2. The minimum atomic E-state index is 0.796. The quantitative estimate of drug-likeness (QED) is 0.636. The zero-order valence-corrected chi connectivity index (χ0v) is 13.8. The summed E-state index contributed by atoms with van der Waals surface area (Å²) in [6, 6.07) is 12.3. The van der Waals surface area contributed by atoms with E-state index < -0.39 is 0 Å². The molecule has 0 saturated heterocycles. The van der Waals surface area contributed by atoms with E-state index in [1.165, 1.54) is 4.88 Å². The summed E-state index contributed by atoms with van der Waals surface area (Å²) in [5.74, 6) is 0.